The fourth-order valence-electron chi connectivity index (χ4n) is 11.5. The van der Waals surface area contributed by atoms with Gasteiger partial charge in [0.05, 0.1) is 11.0 Å². The second-order valence-electron chi connectivity index (χ2n) is 18.8. The molecule has 0 unspecified atom stereocenters. The first kappa shape index (κ1) is 33.3. The number of rotatable bonds is 1. The molecule has 0 bridgehead atoms. The van der Waals surface area contributed by atoms with Crippen molar-refractivity contribution in [1.29, 1.82) is 0 Å². The van der Waals surface area contributed by atoms with E-state index in [0.717, 1.165) is 21.9 Å². The predicted octanol–water partition coefficient (Wildman–Crippen LogP) is 13.9. The molecule has 3 nitrogen and oxygen atoms in total. The Labute approximate surface area is 352 Å². The summed E-state index contributed by atoms with van der Waals surface area (Å²) >= 11 is 1.90. The molecule has 0 fully saturated rings. The number of aromatic nitrogens is 1. The Balaban J connectivity index is 1.18. The monoisotopic (exact) mass is 786 g/mol. The standard InChI is InChI=1S/C55H39BN2OS/c1-54(2,3)30-18-20-31(21-19-30)58-44-27-39-33-13-8-11-17-48(33)60-49(39)28-37(44)34-22-23-36-51-43(25-24-41-50(51)35-14-6-9-15-40(35)55(41,4)5)57-45-26-38-32-12-7-10-16-46(32)59-47(38)29-42(45)56(58)52(34)53(36)57/h6-29H,1-5H3. The minimum atomic E-state index is -0.111. The number of hydrogen-bond acceptors (Lipinski definition) is 3. The van der Waals surface area contributed by atoms with E-state index in [-0.39, 0.29) is 17.7 Å². The van der Waals surface area contributed by atoms with Crippen LogP contribution in [0.1, 0.15) is 51.3 Å². The molecule has 0 N–H and O–H groups in total. The summed E-state index contributed by atoms with van der Waals surface area (Å²) in [6.07, 6.45) is 0. The number of anilines is 2. The van der Waals surface area contributed by atoms with E-state index < -0.39 is 0 Å². The summed E-state index contributed by atoms with van der Waals surface area (Å²) < 4.78 is 12.0. The Morgan fingerprint density at radius 1 is 0.583 bits per heavy atom. The van der Waals surface area contributed by atoms with Gasteiger partial charge in [-0.2, -0.15) is 0 Å². The minimum absolute atomic E-state index is 0.0393. The summed E-state index contributed by atoms with van der Waals surface area (Å²) in [5, 5.41) is 7.58. The topological polar surface area (TPSA) is 21.3 Å². The van der Waals surface area contributed by atoms with Crippen LogP contribution in [0, 0.1) is 0 Å². The molecule has 14 rings (SSSR count). The van der Waals surface area contributed by atoms with Crippen LogP contribution in [0.3, 0.4) is 0 Å². The van der Waals surface area contributed by atoms with Crippen LogP contribution in [0.15, 0.2) is 150 Å². The summed E-state index contributed by atoms with van der Waals surface area (Å²) in [7, 11) is 0. The molecule has 60 heavy (non-hydrogen) atoms. The molecule has 3 aromatic heterocycles. The van der Waals surface area contributed by atoms with Crippen molar-refractivity contribution in [3.05, 3.63) is 162 Å². The van der Waals surface area contributed by atoms with Gasteiger partial charge in [-0.1, -0.05) is 126 Å². The lowest BCUT2D eigenvalue weighted by molar-refractivity contribution is 0.590. The third kappa shape index (κ3) is 4.02. The first-order valence-electron chi connectivity index (χ1n) is 21.2. The highest BCUT2D eigenvalue weighted by Gasteiger charge is 2.46. The van der Waals surface area contributed by atoms with Crippen molar-refractivity contribution in [3.63, 3.8) is 0 Å². The summed E-state index contributed by atoms with van der Waals surface area (Å²) in [4.78, 5) is 2.66. The lowest BCUT2D eigenvalue weighted by Gasteiger charge is -2.42. The number of nitrogens with zero attached hydrogens (tertiary/aromatic N) is 2. The number of fused-ring (bicyclic) bond motifs is 18. The van der Waals surface area contributed by atoms with Gasteiger partial charge in [-0.3, -0.25) is 0 Å². The Kier molecular flexibility index (Phi) is 6.09. The molecular weight excluding hydrogens is 747 g/mol. The molecular formula is C55H39BN2OS. The van der Waals surface area contributed by atoms with Crippen molar-refractivity contribution in [3.8, 4) is 27.9 Å². The highest BCUT2D eigenvalue weighted by atomic mass is 32.1. The van der Waals surface area contributed by atoms with E-state index in [1.165, 1.54) is 109 Å². The van der Waals surface area contributed by atoms with Gasteiger partial charge in [0.25, 0.3) is 0 Å². The fourth-order valence-corrected chi connectivity index (χ4v) is 12.6. The van der Waals surface area contributed by atoms with Crippen LogP contribution in [-0.2, 0) is 10.8 Å². The maximum Gasteiger partial charge on any atom is 0.333 e. The normalized spacial score (nSPS) is 14.8. The van der Waals surface area contributed by atoms with Crippen molar-refractivity contribution >= 4 is 104 Å². The summed E-state index contributed by atoms with van der Waals surface area (Å²) in [5.74, 6) is 0. The lowest BCUT2D eigenvalue weighted by Crippen LogP contribution is -2.60. The van der Waals surface area contributed by atoms with Crippen molar-refractivity contribution in [2.75, 3.05) is 4.81 Å². The zero-order valence-corrected chi connectivity index (χ0v) is 35.0. The SMILES string of the molecule is CC(C)(C)c1ccc(N2B3c4cc5oc6ccccc6c5cc4-n4c5ccc6c(c5c5ccc(c3c54)-c3cc4sc5ccccc5c4cc32)-c2ccccc2C6(C)C)cc1. The molecule has 1 aliphatic carbocycles. The van der Waals surface area contributed by atoms with Crippen LogP contribution >= 0.6 is 11.3 Å². The molecule has 3 aliphatic rings. The zero-order chi connectivity index (χ0) is 40.0. The second kappa shape index (κ2) is 11.0. The lowest BCUT2D eigenvalue weighted by atomic mass is 9.44. The van der Waals surface area contributed by atoms with Crippen molar-refractivity contribution in [1.82, 2.24) is 4.57 Å². The van der Waals surface area contributed by atoms with Gasteiger partial charge >= 0.3 is 6.85 Å². The van der Waals surface area contributed by atoms with E-state index in [9.17, 15) is 0 Å². The van der Waals surface area contributed by atoms with Gasteiger partial charge in [-0.25, -0.2) is 0 Å². The van der Waals surface area contributed by atoms with Gasteiger partial charge in [0.15, 0.2) is 0 Å². The van der Waals surface area contributed by atoms with Crippen LogP contribution in [0.5, 0.6) is 0 Å². The Bertz CT molecular complexity index is 3740. The third-order valence-electron chi connectivity index (χ3n) is 14.3. The van der Waals surface area contributed by atoms with Gasteiger partial charge in [0.1, 0.15) is 11.2 Å². The van der Waals surface area contributed by atoms with Crippen LogP contribution in [0.2, 0.25) is 0 Å². The number of hydrogen-bond donors (Lipinski definition) is 0. The van der Waals surface area contributed by atoms with Gasteiger partial charge < -0.3 is 13.8 Å². The van der Waals surface area contributed by atoms with Crippen LogP contribution in [0.4, 0.5) is 11.4 Å². The van der Waals surface area contributed by atoms with E-state index in [1.54, 1.807) is 0 Å². The maximum atomic E-state index is 6.74. The van der Waals surface area contributed by atoms with Crippen molar-refractivity contribution < 1.29 is 4.42 Å². The van der Waals surface area contributed by atoms with E-state index >= 15 is 0 Å². The van der Waals surface area contributed by atoms with Crippen LogP contribution in [-0.4, -0.2) is 11.4 Å². The number of furan rings is 1. The number of para-hydroxylation sites is 1. The molecule has 0 spiro atoms. The molecule has 5 heteroatoms. The van der Waals surface area contributed by atoms with Gasteiger partial charge in [-0.05, 0) is 104 Å². The molecule has 0 saturated carbocycles. The van der Waals surface area contributed by atoms with Crippen LogP contribution in [0.25, 0.3) is 91.9 Å². The zero-order valence-electron chi connectivity index (χ0n) is 34.1. The Morgan fingerprint density at radius 3 is 2.20 bits per heavy atom. The number of benzene rings is 8. The highest BCUT2D eigenvalue weighted by Crippen LogP contribution is 2.55. The van der Waals surface area contributed by atoms with E-state index in [4.69, 9.17) is 4.42 Å². The molecule has 0 radical (unpaired) electrons. The smallest absolute Gasteiger partial charge is 0.333 e. The molecule has 5 heterocycles. The first-order valence-corrected chi connectivity index (χ1v) is 22.0. The molecule has 0 amide bonds. The van der Waals surface area contributed by atoms with E-state index in [1.807, 2.05) is 11.3 Å². The van der Waals surface area contributed by atoms with Gasteiger partial charge in [0.2, 0.25) is 0 Å². The van der Waals surface area contributed by atoms with Crippen molar-refractivity contribution in [2.24, 2.45) is 0 Å². The molecule has 2 aliphatic heterocycles. The molecule has 8 aromatic carbocycles. The molecule has 11 aromatic rings. The van der Waals surface area contributed by atoms with Crippen LogP contribution < -0.4 is 15.7 Å². The Morgan fingerprint density at radius 2 is 1.35 bits per heavy atom. The summed E-state index contributed by atoms with van der Waals surface area (Å²) in [6.45, 7) is 11.6. The Hall–Kier alpha value is -6.56. The summed E-state index contributed by atoms with van der Waals surface area (Å²) in [6, 6.07) is 55.4. The summed E-state index contributed by atoms with van der Waals surface area (Å²) in [5.41, 5.74) is 20.0. The van der Waals surface area contributed by atoms with Crippen molar-refractivity contribution in [2.45, 2.75) is 45.4 Å². The first-order chi connectivity index (χ1) is 29.1. The average Bonchev–Trinajstić information content (AvgIpc) is 3.98. The molecule has 284 valence electrons. The second-order valence-corrected chi connectivity index (χ2v) is 19.9. The quantitative estimate of drug-likeness (QED) is 0.155. The highest BCUT2D eigenvalue weighted by molar-refractivity contribution is 7.25. The maximum absolute atomic E-state index is 6.74. The van der Waals surface area contributed by atoms with E-state index in [2.05, 4.69) is 190 Å². The minimum Gasteiger partial charge on any atom is -0.456 e. The number of thiophene rings is 1. The predicted molar refractivity (Wildman–Crippen MR) is 256 cm³/mol. The third-order valence-corrected chi connectivity index (χ3v) is 15.5. The average molecular weight is 787 g/mol. The van der Waals surface area contributed by atoms with Gasteiger partial charge in [-0.15, -0.1) is 11.3 Å². The molecule has 0 atom stereocenters. The van der Waals surface area contributed by atoms with E-state index in [0.29, 0.717) is 0 Å². The molecule has 0 saturated heterocycles. The van der Waals surface area contributed by atoms with Gasteiger partial charge in [0, 0.05) is 69.8 Å². The largest absolute Gasteiger partial charge is 0.456 e. The fraction of sp³-hybridized carbons (Fsp3) is 0.127.